The second-order valence-corrected chi connectivity index (χ2v) is 2.55. The van der Waals surface area contributed by atoms with Gasteiger partial charge in [-0.05, 0) is 13.1 Å². The molecule has 0 aromatic carbocycles. The topological polar surface area (TPSA) is 24.5 Å². The summed E-state index contributed by atoms with van der Waals surface area (Å²) in [5, 5.41) is 0. The highest BCUT2D eigenvalue weighted by molar-refractivity contribution is 5.02. The van der Waals surface area contributed by atoms with Gasteiger partial charge in [0.25, 0.3) is 0 Å². The van der Waals surface area contributed by atoms with Gasteiger partial charge in [0, 0.05) is 25.2 Å². The molecule has 0 unspecified atom stereocenters. The molecule has 0 bridgehead atoms. The van der Waals surface area contributed by atoms with Crippen LogP contribution in [0.1, 0.15) is 6.42 Å². The Bertz CT molecular complexity index is 134. The minimum Gasteiger partial charge on any atom is -0.302 e. The van der Waals surface area contributed by atoms with Gasteiger partial charge >= 0.3 is 0 Å². The lowest BCUT2D eigenvalue weighted by Gasteiger charge is -2.21. The highest BCUT2D eigenvalue weighted by atomic mass is 16.6. The number of hydrogen-bond acceptors (Lipinski definition) is 3. The van der Waals surface area contributed by atoms with Crippen LogP contribution < -0.4 is 5.48 Å². The van der Waals surface area contributed by atoms with Crippen LogP contribution in [0.3, 0.4) is 0 Å². The molecule has 0 spiro atoms. The summed E-state index contributed by atoms with van der Waals surface area (Å²) >= 11 is 0. The smallest absolute Gasteiger partial charge is 0.0636 e. The van der Waals surface area contributed by atoms with Gasteiger partial charge in [-0.25, -0.2) is 0 Å². The number of likely N-dealkylation sites (N-methyl/N-ethyl adjacent to an activating group) is 1. The Balaban J connectivity index is 2.33. The van der Waals surface area contributed by atoms with Crippen molar-refractivity contribution >= 4 is 0 Å². The van der Waals surface area contributed by atoms with Gasteiger partial charge in [0.15, 0.2) is 0 Å². The van der Waals surface area contributed by atoms with Gasteiger partial charge in [0.05, 0.1) is 7.11 Å². The Hall–Kier alpha value is -0.540. The van der Waals surface area contributed by atoms with E-state index in [1.54, 1.807) is 7.11 Å². The Labute approximate surface area is 61.6 Å². The molecule has 1 aliphatic heterocycles. The van der Waals surface area contributed by atoms with Crippen LogP contribution >= 0.6 is 0 Å². The monoisotopic (exact) mass is 142 g/mol. The van der Waals surface area contributed by atoms with Crippen LogP contribution in [0, 0.1) is 0 Å². The molecule has 58 valence electrons. The third-order valence-corrected chi connectivity index (χ3v) is 1.65. The number of nitrogens with zero attached hydrogens (tertiary/aromatic N) is 1. The van der Waals surface area contributed by atoms with Gasteiger partial charge < -0.3 is 4.90 Å². The van der Waals surface area contributed by atoms with Crippen molar-refractivity contribution in [2.24, 2.45) is 0 Å². The van der Waals surface area contributed by atoms with E-state index >= 15 is 0 Å². The van der Waals surface area contributed by atoms with Crippen molar-refractivity contribution in [2.45, 2.75) is 6.42 Å². The van der Waals surface area contributed by atoms with E-state index in [1.807, 2.05) is 0 Å². The van der Waals surface area contributed by atoms with E-state index in [0.29, 0.717) is 0 Å². The molecular formula is C7H14N2O. The van der Waals surface area contributed by atoms with E-state index in [9.17, 15) is 0 Å². The fourth-order valence-corrected chi connectivity index (χ4v) is 0.994. The molecule has 3 nitrogen and oxygen atoms in total. The molecule has 1 heterocycles. The number of rotatable bonds is 2. The average Bonchev–Trinajstić information content (AvgIpc) is 1.95. The molecule has 0 radical (unpaired) electrons. The first-order valence-corrected chi connectivity index (χ1v) is 3.49. The molecule has 0 aromatic rings. The van der Waals surface area contributed by atoms with Crippen LogP contribution in [0.25, 0.3) is 0 Å². The second kappa shape index (κ2) is 3.58. The summed E-state index contributed by atoms with van der Waals surface area (Å²) in [6.07, 6.45) is 3.21. The summed E-state index contributed by atoms with van der Waals surface area (Å²) in [5.41, 5.74) is 4.03. The third-order valence-electron chi connectivity index (χ3n) is 1.65. The third kappa shape index (κ3) is 2.01. The molecule has 0 amide bonds. The lowest BCUT2D eigenvalue weighted by Crippen LogP contribution is -2.28. The van der Waals surface area contributed by atoms with Crippen molar-refractivity contribution < 1.29 is 4.84 Å². The number of hydroxylamine groups is 1. The van der Waals surface area contributed by atoms with Gasteiger partial charge in [-0.15, -0.1) is 0 Å². The van der Waals surface area contributed by atoms with Crippen LogP contribution in [-0.4, -0.2) is 32.1 Å². The normalized spacial score (nSPS) is 20.4. The molecule has 3 heteroatoms. The van der Waals surface area contributed by atoms with Gasteiger partial charge in [-0.3, -0.25) is 10.3 Å². The Kier molecular flexibility index (Phi) is 2.71. The molecular weight excluding hydrogens is 128 g/mol. The number of hydrogen-bond donors (Lipinski definition) is 1. The van der Waals surface area contributed by atoms with Crippen molar-refractivity contribution in [1.82, 2.24) is 10.4 Å². The summed E-state index contributed by atoms with van der Waals surface area (Å²) in [6.45, 7) is 2.13. The predicted molar refractivity (Wildman–Crippen MR) is 40.3 cm³/mol. The van der Waals surface area contributed by atoms with E-state index in [1.165, 1.54) is 5.70 Å². The van der Waals surface area contributed by atoms with E-state index in [-0.39, 0.29) is 0 Å². The lowest BCUT2D eigenvalue weighted by molar-refractivity contribution is 0.110. The number of nitrogens with one attached hydrogen (secondary N) is 1. The van der Waals surface area contributed by atoms with E-state index < -0.39 is 0 Å². The lowest BCUT2D eigenvalue weighted by atomic mass is 10.2. The maximum Gasteiger partial charge on any atom is 0.0636 e. The fraction of sp³-hybridized carbons (Fsp3) is 0.714. The maximum absolute atomic E-state index is 4.78. The molecule has 0 saturated heterocycles. The van der Waals surface area contributed by atoms with Gasteiger partial charge in [0.1, 0.15) is 0 Å². The minimum absolute atomic E-state index is 1.02. The minimum atomic E-state index is 1.02. The first-order chi connectivity index (χ1) is 4.83. The summed E-state index contributed by atoms with van der Waals surface area (Å²) in [7, 11) is 3.75. The Morgan fingerprint density at radius 3 is 3.00 bits per heavy atom. The van der Waals surface area contributed by atoms with Crippen molar-refractivity contribution in [2.75, 3.05) is 27.2 Å². The zero-order valence-electron chi connectivity index (χ0n) is 6.55. The molecule has 1 N–H and O–H groups in total. The average molecular weight is 142 g/mol. The van der Waals surface area contributed by atoms with Crippen molar-refractivity contribution in [3.05, 3.63) is 11.8 Å². The molecule has 0 atom stereocenters. The zero-order valence-corrected chi connectivity index (χ0v) is 6.55. The predicted octanol–water partition coefficient (Wildman–Crippen LogP) is 0.357. The molecule has 0 aliphatic carbocycles. The molecule has 1 rings (SSSR count). The Morgan fingerprint density at radius 2 is 2.50 bits per heavy atom. The highest BCUT2D eigenvalue weighted by Crippen LogP contribution is 2.04. The first kappa shape index (κ1) is 7.57. The summed E-state index contributed by atoms with van der Waals surface area (Å²) in [5.74, 6) is 0. The standard InChI is InChI=1S/C7H14N2O/c1-9-5-3-7(4-6-9)8-10-2/h3,8H,4-6H2,1-2H3. The first-order valence-electron chi connectivity index (χ1n) is 3.49. The van der Waals surface area contributed by atoms with Crippen molar-refractivity contribution in [3.63, 3.8) is 0 Å². The van der Waals surface area contributed by atoms with E-state index in [0.717, 1.165) is 19.5 Å². The van der Waals surface area contributed by atoms with Crippen LogP contribution in [-0.2, 0) is 4.84 Å². The fourth-order valence-electron chi connectivity index (χ4n) is 0.994. The highest BCUT2D eigenvalue weighted by Gasteiger charge is 2.05. The van der Waals surface area contributed by atoms with Gasteiger partial charge in [0.2, 0.25) is 0 Å². The molecule has 1 aliphatic rings. The SMILES string of the molecule is CONC1=CCN(C)CC1. The van der Waals surface area contributed by atoms with Crippen molar-refractivity contribution in [3.8, 4) is 0 Å². The maximum atomic E-state index is 4.78. The van der Waals surface area contributed by atoms with Gasteiger partial charge in [-0.1, -0.05) is 0 Å². The van der Waals surface area contributed by atoms with Crippen LogP contribution in [0.2, 0.25) is 0 Å². The van der Waals surface area contributed by atoms with Crippen LogP contribution in [0.15, 0.2) is 11.8 Å². The van der Waals surface area contributed by atoms with E-state index in [4.69, 9.17) is 4.84 Å². The molecule has 0 saturated carbocycles. The van der Waals surface area contributed by atoms with Crippen LogP contribution in [0.5, 0.6) is 0 Å². The largest absolute Gasteiger partial charge is 0.302 e. The summed E-state index contributed by atoms with van der Waals surface area (Å²) in [4.78, 5) is 7.04. The second-order valence-electron chi connectivity index (χ2n) is 2.55. The Morgan fingerprint density at radius 1 is 1.70 bits per heavy atom. The zero-order chi connectivity index (χ0) is 7.40. The van der Waals surface area contributed by atoms with Crippen molar-refractivity contribution in [1.29, 1.82) is 0 Å². The molecule has 0 fully saturated rings. The van der Waals surface area contributed by atoms with Gasteiger partial charge in [-0.2, -0.15) is 0 Å². The van der Waals surface area contributed by atoms with Crippen LogP contribution in [0.4, 0.5) is 0 Å². The molecule has 0 aromatic heterocycles. The quantitative estimate of drug-likeness (QED) is 0.563. The molecule has 10 heavy (non-hydrogen) atoms. The summed E-state index contributed by atoms with van der Waals surface area (Å²) < 4.78 is 0. The van der Waals surface area contributed by atoms with E-state index in [2.05, 4.69) is 23.5 Å². The summed E-state index contributed by atoms with van der Waals surface area (Å²) in [6, 6.07) is 0.